The lowest BCUT2D eigenvalue weighted by molar-refractivity contribution is -0.121. The lowest BCUT2D eigenvalue weighted by atomic mass is 10.1. The van der Waals surface area contributed by atoms with Crippen LogP contribution in [0.2, 0.25) is 0 Å². The normalized spacial score (nSPS) is 17.3. The van der Waals surface area contributed by atoms with E-state index in [4.69, 9.17) is 9.47 Å². The number of aromatic amines is 1. The molecule has 2 heterocycles. The van der Waals surface area contributed by atoms with Gasteiger partial charge in [0, 0.05) is 48.3 Å². The van der Waals surface area contributed by atoms with Crippen molar-refractivity contribution in [2.45, 2.75) is 32.9 Å². The van der Waals surface area contributed by atoms with Gasteiger partial charge in [-0.1, -0.05) is 6.07 Å². The number of fused-ring (bicyclic) bond motifs is 1. The molecule has 3 aromatic rings. The fourth-order valence-electron chi connectivity index (χ4n) is 4.55. The molecule has 0 aliphatic carbocycles. The summed E-state index contributed by atoms with van der Waals surface area (Å²) in [6.07, 6.45) is 0. The summed E-state index contributed by atoms with van der Waals surface area (Å²) in [5.74, 6) is -0.536. The van der Waals surface area contributed by atoms with Crippen molar-refractivity contribution in [3.63, 3.8) is 0 Å². The van der Waals surface area contributed by atoms with E-state index in [-0.39, 0.29) is 29.9 Å². The Labute approximate surface area is 204 Å². The van der Waals surface area contributed by atoms with E-state index in [1.807, 2.05) is 25.1 Å². The minimum absolute atomic E-state index is 0.101. The first kappa shape index (κ1) is 24.5. The average Bonchev–Trinajstić information content (AvgIpc) is 3.21. The Bertz CT molecular complexity index is 1230. The van der Waals surface area contributed by atoms with Gasteiger partial charge in [0.15, 0.2) is 0 Å². The van der Waals surface area contributed by atoms with Crippen LogP contribution < -0.4 is 15.0 Å². The van der Waals surface area contributed by atoms with Gasteiger partial charge in [0.1, 0.15) is 17.3 Å². The Kier molecular flexibility index (Phi) is 7.25. The quantitative estimate of drug-likeness (QED) is 0.495. The minimum atomic E-state index is -0.604. The molecule has 35 heavy (non-hydrogen) atoms. The number of H-pyrrole nitrogens is 1. The predicted molar refractivity (Wildman–Crippen MR) is 134 cm³/mol. The highest BCUT2D eigenvalue weighted by molar-refractivity contribution is 6.11. The number of nitrogens with one attached hydrogen (secondary N) is 2. The monoisotopic (exact) mass is 482 g/mol. The summed E-state index contributed by atoms with van der Waals surface area (Å²) < 4.78 is 24.4. The van der Waals surface area contributed by atoms with Crippen LogP contribution in [0.1, 0.15) is 31.3 Å². The van der Waals surface area contributed by atoms with E-state index < -0.39 is 17.8 Å². The van der Waals surface area contributed by atoms with Gasteiger partial charge in [0.25, 0.3) is 0 Å². The lowest BCUT2D eigenvalue weighted by Crippen LogP contribution is -2.56. The van der Waals surface area contributed by atoms with Gasteiger partial charge in [0.2, 0.25) is 5.91 Å². The Morgan fingerprint density at radius 1 is 1.23 bits per heavy atom. The molecule has 0 radical (unpaired) electrons. The van der Waals surface area contributed by atoms with Crippen LogP contribution in [-0.2, 0) is 9.53 Å². The molecule has 8 nitrogen and oxygen atoms in total. The largest absolute Gasteiger partial charge is 0.497 e. The lowest BCUT2D eigenvalue weighted by Gasteiger charge is -2.43. The third-order valence-corrected chi connectivity index (χ3v) is 6.46. The number of halogens is 1. The van der Waals surface area contributed by atoms with E-state index in [2.05, 4.69) is 33.1 Å². The highest BCUT2D eigenvalue weighted by atomic mass is 19.1. The average molecular weight is 483 g/mol. The van der Waals surface area contributed by atoms with Gasteiger partial charge in [-0.05, 0) is 51.1 Å². The maximum atomic E-state index is 14.0. The summed E-state index contributed by atoms with van der Waals surface area (Å²) in [6.45, 7) is 7.95. The number of aromatic nitrogens is 1. The number of anilines is 2. The number of rotatable bonds is 7. The first-order valence-electron chi connectivity index (χ1n) is 11.8. The second-order valence-electron chi connectivity index (χ2n) is 8.69. The van der Waals surface area contributed by atoms with Crippen LogP contribution in [0.3, 0.4) is 0 Å². The standard InChI is InChI=1S/C26H31FN4O4/c1-5-35-26(33)24-23(21-13-18(27)9-10-22(21)28-24)29-25(32)17(3)30-11-12-31(16(2)15-30)19-7-6-8-20(14-19)34-4/h6-10,13-14,16-17,28H,5,11-12,15H2,1-4H3,(H,29,32)/t16-,17+/m0/s1. The number of esters is 1. The minimum Gasteiger partial charge on any atom is -0.497 e. The van der Waals surface area contributed by atoms with Gasteiger partial charge in [-0.2, -0.15) is 0 Å². The summed E-state index contributed by atoms with van der Waals surface area (Å²) in [5.41, 5.74) is 1.95. The highest BCUT2D eigenvalue weighted by Crippen LogP contribution is 2.30. The molecule has 1 fully saturated rings. The van der Waals surface area contributed by atoms with E-state index in [1.54, 1.807) is 14.0 Å². The summed E-state index contributed by atoms with van der Waals surface area (Å²) in [4.78, 5) is 33.1. The van der Waals surface area contributed by atoms with Crippen LogP contribution in [0, 0.1) is 5.82 Å². The molecule has 9 heteroatoms. The second-order valence-corrected chi connectivity index (χ2v) is 8.69. The molecular weight excluding hydrogens is 451 g/mol. The maximum absolute atomic E-state index is 14.0. The molecule has 2 aromatic carbocycles. The fraction of sp³-hybridized carbons (Fsp3) is 0.385. The molecule has 0 unspecified atom stereocenters. The molecule has 0 saturated carbocycles. The Balaban J connectivity index is 1.50. The number of hydrogen-bond donors (Lipinski definition) is 2. The van der Waals surface area contributed by atoms with E-state index in [0.717, 1.165) is 18.0 Å². The zero-order valence-corrected chi connectivity index (χ0v) is 20.4. The van der Waals surface area contributed by atoms with Gasteiger partial charge < -0.3 is 24.7 Å². The molecular formula is C26H31FN4O4. The van der Waals surface area contributed by atoms with Crippen LogP contribution in [0.4, 0.5) is 15.8 Å². The molecule has 0 bridgehead atoms. The zero-order chi connectivity index (χ0) is 25.1. The Hall–Kier alpha value is -3.59. The van der Waals surface area contributed by atoms with Crippen molar-refractivity contribution in [3.05, 3.63) is 54.0 Å². The van der Waals surface area contributed by atoms with Gasteiger partial charge in [0.05, 0.1) is 25.4 Å². The molecule has 2 atom stereocenters. The maximum Gasteiger partial charge on any atom is 0.356 e. The van der Waals surface area contributed by atoms with E-state index in [1.165, 1.54) is 18.2 Å². The summed E-state index contributed by atoms with van der Waals surface area (Å²) in [5, 5.41) is 3.28. The van der Waals surface area contributed by atoms with Crippen LogP contribution in [0.5, 0.6) is 5.75 Å². The first-order chi connectivity index (χ1) is 16.8. The number of ether oxygens (including phenoxy) is 2. The van der Waals surface area contributed by atoms with Gasteiger partial charge in [-0.15, -0.1) is 0 Å². The molecule has 4 rings (SSSR count). The van der Waals surface area contributed by atoms with Crippen molar-refractivity contribution in [3.8, 4) is 5.75 Å². The number of carbonyl (C=O) groups is 2. The molecule has 1 aromatic heterocycles. The van der Waals surface area contributed by atoms with Crippen molar-refractivity contribution >= 4 is 34.2 Å². The third-order valence-electron chi connectivity index (χ3n) is 6.46. The van der Waals surface area contributed by atoms with E-state index in [9.17, 15) is 14.0 Å². The number of benzene rings is 2. The van der Waals surface area contributed by atoms with Crippen molar-refractivity contribution in [2.24, 2.45) is 0 Å². The van der Waals surface area contributed by atoms with Gasteiger partial charge in [-0.3, -0.25) is 9.69 Å². The molecule has 2 N–H and O–H groups in total. The fourth-order valence-corrected chi connectivity index (χ4v) is 4.55. The van der Waals surface area contributed by atoms with Crippen LogP contribution in [0.15, 0.2) is 42.5 Å². The number of hydrogen-bond acceptors (Lipinski definition) is 6. The van der Waals surface area contributed by atoms with Crippen molar-refractivity contribution in [1.82, 2.24) is 9.88 Å². The molecule has 0 spiro atoms. The molecule has 1 aliphatic rings. The van der Waals surface area contributed by atoms with Gasteiger partial charge >= 0.3 is 5.97 Å². The van der Waals surface area contributed by atoms with E-state index in [0.29, 0.717) is 24.0 Å². The predicted octanol–water partition coefficient (Wildman–Crippen LogP) is 4.03. The van der Waals surface area contributed by atoms with Crippen molar-refractivity contribution < 1.29 is 23.5 Å². The topological polar surface area (TPSA) is 86.9 Å². The Morgan fingerprint density at radius 3 is 2.74 bits per heavy atom. The number of piperazine rings is 1. The summed E-state index contributed by atoms with van der Waals surface area (Å²) >= 11 is 0. The molecule has 1 aliphatic heterocycles. The molecule has 1 amide bonds. The number of nitrogens with zero attached hydrogens (tertiary/aromatic N) is 2. The van der Waals surface area contributed by atoms with Crippen molar-refractivity contribution in [2.75, 3.05) is 43.6 Å². The number of carbonyl (C=O) groups excluding carboxylic acids is 2. The van der Waals surface area contributed by atoms with E-state index >= 15 is 0 Å². The zero-order valence-electron chi connectivity index (χ0n) is 20.4. The number of amides is 1. The van der Waals surface area contributed by atoms with Crippen molar-refractivity contribution in [1.29, 1.82) is 0 Å². The Morgan fingerprint density at radius 2 is 2.03 bits per heavy atom. The van der Waals surface area contributed by atoms with Gasteiger partial charge in [-0.25, -0.2) is 9.18 Å². The van der Waals surface area contributed by atoms with Crippen LogP contribution in [0.25, 0.3) is 10.9 Å². The highest BCUT2D eigenvalue weighted by Gasteiger charge is 2.31. The summed E-state index contributed by atoms with van der Waals surface area (Å²) in [7, 11) is 1.65. The molecule has 186 valence electrons. The summed E-state index contributed by atoms with van der Waals surface area (Å²) in [6, 6.07) is 11.8. The smallest absolute Gasteiger partial charge is 0.356 e. The second kappa shape index (κ2) is 10.4. The van der Waals surface area contributed by atoms with Crippen LogP contribution in [-0.4, -0.2) is 67.2 Å². The SMILES string of the molecule is CCOC(=O)c1[nH]c2ccc(F)cc2c1NC(=O)[C@@H](C)N1CCN(c2cccc(OC)c2)[C@@H](C)C1. The first-order valence-corrected chi connectivity index (χ1v) is 11.8. The van der Waals surface area contributed by atoms with Crippen LogP contribution >= 0.6 is 0 Å². The third kappa shape index (κ3) is 5.09. The number of methoxy groups -OCH3 is 1. The molecule has 1 saturated heterocycles.